The van der Waals surface area contributed by atoms with Gasteiger partial charge in [0.05, 0.1) is 19.1 Å². The number of aliphatic carboxylic acids is 1. The SMILES string of the molecule is COC[C@H](CC(=O)[C@@H](C)COC)C(=O)O. The Kier molecular flexibility index (Phi) is 6.90. The first-order chi connectivity index (χ1) is 7.02. The minimum Gasteiger partial charge on any atom is -0.481 e. The molecule has 0 aromatic heterocycles. The van der Waals surface area contributed by atoms with E-state index in [0.29, 0.717) is 6.61 Å². The van der Waals surface area contributed by atoms with Crippen molar-refractivity contribution in [3.8, 4) is 0 Å². The number of methoxy groups -OCH3 is 2. The summed E-state index contributed by atoms with van der Waals surface area (Å²) in [4.78, 5) is 22.3. The fourth-order valence-electron chi connectivity index (χ4n) is 1.21. The maximum absolute atomic E-state index is 11.5. The molecular formula is C10H18O5. The lowest BCUT2D eigenvalue weighted by atomic mass is 9.96. The molecule has 2 atom stereocenters. The molecule has 0 fully saturated rings. The first-order valence-corrected chi connectivity index (χ1v) is 4.76. The van der Waals surface area contributed by atoms with Crippen LogP contribution in [0.15, 0.2) is 0 Å². The number of rotatable bonds is 8. The Balaban J connectivity index is 4.15. The lowest BCUT2D eigenvalue weighted by Gasteiger charge is -2.13. The summed E-state index contributed by atoms with van der Waals surface area (Å²) in [6.07, 6.45) is -0.00625. The van der Waals surface area contributed by atoms with E-state index in [-0.39, 0.29) is 24.7 Å². The molecule has 0 bridgehead atoms. The van der Waals surface area contributed by atoms with Crippen LogP contribution in [-0.2, 0) is 19.1 Å². The Morgan fingerprint density at radius 1 is 1.20 bits per heavy atom. The number of carbonyl (C=O) groups is 2. The number of carboxylic acids is 1. The molecule has 5 heteroatoms. The van der Waals surface area contributed by atoms with Crippen LogP contribution >= 0.6 is 0 Å². The predicted molar refractivity (Wildman–Crippen MR) is 53.7 cm³/mol. The van der Waals surface area contributed by atoms with Gasteiger partial charge in [-0.2, -0.15) is 0 Å². The van der Waals surface area contributed by atoms with E-state index in [1.807, 2.05) is 0 Å². The zero-order valence-electron chi connectivity index (χ0n) is 9.36. The highest BCUT2D eigenvalue weighted by molar-refractivity contribution is 5.85. The molecule has 0 aliphatic carbocycles. The third-order valence-electron chi connectivity index (χ3n) is 2.13. The van der Waals surface area contributed by atoms with Crippen LogP contribution in [0.25, 0.3) is 0 Å². The zero-order chi connectivity index (χ0) is 11.8. The molecule has 0 heterocycles. The fraction of sp³-hybridized carbons (Fsp3) is 0.800. The Morgan fingerprint density at radius 3 is 2.13 bits per heavy atom. The molecule has 0 saturated carbocycles. The largest absolute Gasteiger partial charge is 0.481 e. The van der Waals surface area contributed by atoms with Crippen LogP contribution in [0, 0.1) is 11.8 Å². The highest BCUT2D eigenvalue weighted by Crippen LogP contribution is 2.10. The van der Waals surface area contributed by atoms with Gasteiger partial charge in [0.25, 0.3) is 0 Å². The number of hydrogen-bond acceptors (Lipinski definition) is 4. The third-order valence-corrected chi connectivity index (χ3v) is 2.13. The molecule has 0 unspecified atom stereocenters. The lowest BCUT2D eigenvalue weighted by Crippen LogP contribution is -2.26. The van der Waals surface area contributed by atoms with E-state index in [1.54, 1.807) is 6.92 Å². The Labute approximate surface area is 89.4 Å². The van der Waals surface area contributed by atoms with Gasteiger partial charge in [-0.05, 0) is 0 Å². The molecule has 0 aromatic rings. The second-order valence-electron chi connectivity index (χ2n) is 3.52. The number of ketones is 1. The molecule has 5 nitrogen and oxygen atoms in total. The van der Waals surface area contributed by atoms with Gasteiger partial charge in [-0.25, -0.2) is 0 Å². The first-order valence-electron chi connectivity index (χ1n) is 4.76. The monoisotopic (exact) mass is 218 g/mol. The molecule has 0 spiro atoms. The molecule has 88 valence electrons. The second-order valence-corrected chi connectivity index (χ2v) is 3.52. The van der Waals surface area contributed by atoms with Crippen molar-refractivity contribution in [2.45, 2.75) is 13.3 Å². The van der Waals surface area contributed by atoms with Crippen molar-refractivity contribution in [1.82, 2.24) is 0 Å². The zero-order valence-corrected chi connectivity index (χ0v) is 9.36. The van der Waals surface area contributed by atoms with E-state index in [9.17, 15) is 9.59 Å². The molecule has 0 aromatic carbocycles. The molecular weight excluding hydrogens is 200 g/mol. The molecule has 1 N–H and O–H groups in total. The van der Waals surface area contributed by atoms with Gasteiger partial charge >= 0.3 is 5.97 Å². The number of carbonyl (C=O) groups excluding carboxylic acids is 1. The van der Waals surface area contributed by atoms with Gasteiger partial charge in [-0.3, -0.25) is 9.59 Å². The summed E-state index contributed by atoms with van der Waals surface area (Å²) >= 11 is 0. The number of Topliss-reactive ketones (excluding diaryl/α,β-unsaturated/α-hetero) is 1. The summed E-state index contributed by atoms with van der Waals surface area (Å²) < 4.78 is 9.57. The molecule has 0 amide bonds. The van der Waals surface area contributed by atoms with Crippen molar-refractivity contribution in [2.75, 3.05) is 27.4 Å². The van der Waals surface area contributed by atoms with E-state index in [4.69, 9.17) is 14.6 Å². The summed E-state index contributed by atoms with van der Waals surface area (Å²) in [5.41, 5.74) is 0. The van der Waals surface area contributed by atoms with Crippen LogP contribution in [0.4, 0.5) is 0 Å². The summed E-state index contributed by atoms with van der Waals surface area (Å²) in [7, 11) is 2.92. The highest BCUT2D eigenvalue weighted by atomic mass is 16.5. The standard InChI is InChI=1S/C10H18O5/c1-7(5-14-2)9(11)4-8(6-15-3)10(12)13/h7-8H,4-6H2,1-3H3,(H,12,13)/t7-,8-/m0/s1. The van der Waals surface area contributed by atoms with Crippen LogP contribution in [0.3, 0.4) is 0 Å². The van der Waals surface area contributed by atoms with E-state index >= 15 is 0 Å². The minimum atomic E-state index is -1.00. The Morgan fingerprint density at radius 2 is 1.73 bits per heavy atom. The van der Waals surface area contributed by atoms with E-state index < -0.39 is 11.9 Å². The number of carboxylic acid groups (broad SMARTS) is 1. The summed E-state index contributed by atoms with van der Waals surface area (Å²) in [6.45, 7) is 2.09. The van der Waals surface area contributed by atoms with Crippen molar-refractivity contribution in [1.29, 1.82) is 0 Å². The quantitative estimate of drug-likeness (QED) is 0.645. The summed E-state index contributed by atoms with van der Waals surface area (Å²) in [5, 5.41) is 8.80. The molecule has 0 aliphatic heterocycles. The van der Waals surface area contributed by atoms with Crippen LogP contribution in [-0.4, -0.2) is 44.3 Å². The van der Waals surface area contributed by atoms with Gasteiger partial charge in [0, 0.05) is 26.6 Å². The highest BCUT2D eigenvalue weighted by Gasteiger charge is 2.23. The van der Waals surface area contributed by atoms with Gasteiger partial charge in [-0.1, -0.05) is 6.92 Å². The molecule has 0 radical (unpaired) electrons. The molecule has 0 saturated heterocycles. The van der Waals surface area contributed by atoms with Crippen LogP contribution in [0.2, 0.25) is 0 Å². The average molecular weight is 218 g/mol. The third kappa shape index (κ3) is 5.49. The van der Waals surface area contributed by atoms with E-state index in [0.717, 1.165) is 0 Å². The van der Waals surface area contributed by atoms with Crippen molar-refractivity contribution < 1.29 is 24.2 Å². The lowest BCUT2D eigenvalue weighted by molar-refractivity contribution is -0.146. The van der Waals surface area contributed by atoms with Crippen LogP contribution in [0.5, 0.6) is 0 Å². The molecule has 15 heavy (non-hydrogen) atoms. The van der Waals surface area contributed by atoms with Gasteiger partial charge in [-0.15, -0.1) is 0 Å². The Hall–Kier alpha value is -0.940. The van der Waals surface area contributed by atoms with Crippen LogP contribution < -0.4 is 0 Å². The van der Waals surface area contributed by atoms with E-state index in [2.05, 4.69) is 0 Å². The maximum atomic E-state index is 11.5. The predicted octanol–water partition coefficient (Wildman–Crippen LogP) is 0.575. The number of ether oxygens (including phenoxy) is 2. The van der Waals surface area contributed by atoms with E-state index in [1.165, 1.54) is 14.2 Å². The smallest absolute Gasteiger partial charge is 0.309 e. The van der Waals surface area contributed by atoms with Gasteiger partial charge < -0.3 is 14.6 Å². The van der Waals surface area contributed by atoms with Crippen molar-refractivity contribution in [2.24, 2.45) is 11.8 Å². The van der Waals surface area contributed by atoms with Crippen molar-refractivity contribution in [3.05, 3.63) is 0 Å². The van der Waals surface area contributed by atoms with Gasteiger partial charge in [0.1, 0.15) is 5.78 Å². The minimum absolute atomic E-state index is 0.00625. The van der Waals surface area contributed by atoms with Crippen molar-refractivity contribution in [3.63, 3.8) is 0 Å². The van der Waals surface area contributed by atoms with Gasteiger partial charge in [0.15, 0.2) is 0 Å². The Bertz CT molecular complexity index is 214. The van der Waals surface area contributed by atoms with Gasteiger partial charge in [0.2, 0.25) is 0 Å². The topological polar surface area (TPSA) is 72.8 Å². The number of hydrogen-bond donors (Lipinski definition) is 1. The molecule has 0 aliphatic rings. The average Bonchev–Trinajstić information content (AvgIpc) is 2.17. The van der Waals surface area contributed by atoms with Crippen LogP contribution in [0.1, 0.15) is 13.3 Å². The second kappa shape index (κ2) is 7.36. The summed E-state index contributed by atoms with van der Waals surface area (Å²) in [6, 6.07) is 0. The maximum Gasteiger partial charge on any atom is 0.309 e. The normalized spacial score (nSPS) is 14.6. The fourth-order valence-corrected chi connectivity index (χ4v) is 1.21. The molecule has 0 rings (SSSR count). The van der Waals surface area contributed by atoms with Crippen molar-refractivity contribution >= 4 is 11.8 Å². The first kappa shape index (κ1) is 14.1. The summed E-state index contributed by atoms with van der Waals surface area (Å²) in [5.74, 6) is -2.15.